The van der Waals surface area contributed by atoms with Crippen LogP contribution in [0.25, 0.3) is 0 Å². The molecule has 0 aromatic heterocycles. The third-order valence-electron chi connectivity index (χ3n) is 2.63. The maximum atomic E-state index is 12.9. The molecule has 0 saturated heterocycles. The van der Waals surface area contributed by atoms with Crippen molar-refractivity contribution in [1.82, 2.24) is 4.90 Å². The van der Waals surface area contributed by atoms with Crippen LogP contribution in [-0.4, -0.2) is 36.2 Å². The number of alkyl halides is 3. The molecule has 0 aliphatic heterocycles. The summed E-state index contributed by atoms with van der Waals surface area (Å²) < 4.78 is 38.8. The lowest BCUT2D eigenvalue weighted by atomic mass is 10.0. The number of hydrogen-bond donors (Lipinski definition) is 1. The van der Waals surface area contributed by atoms with Gasteiger partial charge >= 0.3 is 6.18 Å². The van der Waals surface area contributed by atoms with Crippen molar-refractivity contribution in [3.63, 3.8) is 0 Å². The largest absolute Gasteiger partial charge is 0.405 e. The topological polar surface area (TPSA) is 29.3 Å². The maximum Gasteiger partial charge on any atom is 0.405 e. The average molecular weight is 240 g/mol. The Bertz CT molecular complexity index is 177. The summed E-state index contributed by atoms with van der Waals surface area (Å²) in [5, 5.41) is 0. The number of nitrogens with two attached hydrogens (primary N) is 1. The van der Waals surface area contributed by atoms with E-state index >= 15 is 0 Å². The summed E-state index contributed by atoms with van der Waals surface area (Å²) in [6, 6.07) is -2.34. The van der Waals surface area contributed by atoms with Crippen molar-refractivity contribution in [1.29, 1.82) is 0 Å². The molecule has 0 rings (SSSR count). The third kappa shape index (κ3) is 4.70. The van der Waals surface area contributed by atoms with Crippen molar-refractivity contribution in [2.75, 3.05) is 13.1 Å². The first-order valence-electron chi connectivity index (χ1n) is 5.94. The van der Waals surface area contributed by atoms with Crippen LogP contribution in [0.3, 0.4) is 0 Å². The lowest BCUT2D eigenvalue weighted by Gasteiger charge is -2.36. The number of rotatable bonds is 7. The van der Waals surface area contributed by atoms with Crippen LogP contribution in [-0.2, 0) is 0 Å². The maximum absolute atomic E-state index is 12.9. The Morgan fingerprint density at radius 3 is 1.75 bits per heavy atom. The van der Waals surface area contributed by atoms with E-state index in [0.29, 0.717) is 32.4 Å². The van der Waals surface area contributed by atoms with Crippen LogP contribution in [0.2, 0.25) is 0 Å². The van der Waals surface area contributed by atoms with E-state index in [1.807, 2.05) is 13.8 Å². The van der Waals surface area contributed by atoms with E-state index in [0.717, 1.165) is 0 Å². The Morgan fingerprint density at radius 1 is 1.06 bits per heavy atom. The van der Waals surface area contributed by atoms with Crippen molar-refractivity contribution in [2.45, 2.75) is 58.3 Å². The predicted molar refractivity (Wildman–Crippen MR) is 60.3 cm³/mol. The molecule has 2 nitrogen and oxygen atoms in total. The molecule has 0 aliphatic carbocycles. The van der Waals surface area contributed by atoms with E-state index in [4.69, 9.17) is 5.73 Å². The molecular weight excluding hydrogens is 217 g/mol. The van der Waals surface area contributed by atoms with Crippen molar-refractivity contribution in [3.05, 3.63) is 0 Å². The molecule has 0 saturated carbocycles. The summed E-state index contributed by atoms with van der Waals surface area (Å²) in [6.45, 7) is 6.36. The second kappa shape index (κ2) is 7.12. The second-order valence-electron chi connectivity index (χ2n) is 4.09. The molecule has 0 aromatic rings. The molecule has 16 heavy (non-hydrogen) atoms. The summed E-state index contributed by atoms with van der Waals surface area (Å²) in [5.74, 6) is 0. The normalized spacial score (nSPS) is 16.5. The van der Waals surface area contributed by atoms with Gasteiger partial charge in [-0.3, -0.25) is 4.90 Å². The van der Waals surface area contributed by atoms with E-state index in [2.05, 4.69) is 0 Å². The van der Waals surface area contributed by atoms with Crippen LogP contribution in [0.5, 0.6) is 0 Å². The molecule has 0 aliphatic rings. The summed E-state index contributed by atoms with van der Waals surface area (Å²) >= 11 is 0. The van der Waals surface area contributed by atoms with Crippen LogP contribution < -0.4 is 5.73 Å². The molecular formula is C11H23F3N2. The molecule has 0 aromatic carbocycles. The number of halogens is 3. The van der Waals surface area contributed by atoms with Crippen LogP contribution in [0.15, 0.2) is 0 Å². The van der Waals surface area contributed by atoms with E-state index in [1.54, 1.807) is 6.92 Å². The minimum Gasteiger partial charge on any atom is -0.326 e. The first kappa shape index (κ1) is 15.7. The SMILES string of the molecule is CCCN(CCC)C(C(N)CC)C(F)(F)F. The van der Waals surface area contributed by atoms with Gasteiger partial charge in [0.05, 0.1) is 0 Å². The fraction of sp³-hybridized carbons (Fsp3) is 1.00. The van der Waals surface area contributed by atoms with Gasteiger partial charge in [0, 0.05) is 6.04 Å². The molecule has 2 atom stereocenters. The minimum absolute atomic E-state index is 0.341. The molecule has 0 radical (unpaired) electrons. The Labute approximate surface area is 96.0 Å². The lowest BCUT2D eigenvalue weighted by Crippen LogP contribution is -2.56. The standard InChI is InChI=1S/C11H23F3N2/c1-4-7-16(8-5-2)10(9(15)6-3)11(12,13)14/h9-10H,4-8,15H2,1-3H3. The van der Waals surface area contributed by atoms with Crippen LogP contribution in [0.1, 0.15) is 40.0 Å². The van der Waals surface area contributed by atoms with E-state index < -0.39 is 18.3 Å². The van der Waals surface area contributed by atoms with Gasteiger partial charge < -0.3 is 5.73 Å². The quantitative estimate of drug-likeness (QED) is 0.741. The highest BCUT2D eigenvalue weighted by atomic mass is 19.4. The zero-order chi connectivity index (χ0) is 12.8. The molecule has 2 N–H and O–H groups in total. The molecule has 98 valence electrons. The van der Waals surface area contributed by atoms with Crippen LogP contribution in [0.4, 0.5) is 13.2 Å². The highest BCUT2D eigenvalue weighted by Gasteiger charge is 2.45. The summed E-state index contributed by atoms with van der Waals surface area (Å²) in [5.41, 5.74) is 5.60. The van der Waals surface area contributed by atoms with Gasteiger partial charge in [-0.05, 0) is 32.4 Å². The average Bonchev–Trinajstić information content (AvgIpc) is 2.16. The summed E-state index contributed by atoms with van der Waals surface area (Å²) in [4.78, 5) is 1.47. The zero-order valence-corrected chi connectivity index (χ0v) is 10.3. The van der Waals surface area contributed by atoms with E-state index in [1.165, 1.54) is 4.90 Å². The molecule has 0 heterocycles. The Morgan fingerprint density at radius 2 is 1.50 bits per heavy atom. The fourth-order valence-electron chi connectivity index (χ4n) is 1.91. The molecule has 2 unspecified atom stereocenters. The van der Waals surface area contributed by atoms with Gasteiger partial charge in [0.25, 0.3) is 0 Å². The van der Waals surface area contributed by atoms with Gasteiger partial charge in [-0.25, -0.2) is 0 Å². The molecule has 0 fully saturated rings. The van der Waals surface area contributed by atoms with Crippen molar-refractivity contribution >= 4 is 0 Å². The fourth-order valence-corrected chi connectivity index (χ4v) is 1.91. The molecule has 0 spiro atoms. The first-order chi connectivity index (χ1) is 7.38. The third-order valence-corrected chi connectivity index (χ3v) is 2.63. The van der Waals surface area contributed by atoms with Gasteiger partial charge in [-0.15, -0.1) is 0 Å². The Kier molecular flexibility index (Phi) is 6.99. The molecule has 5 heteroatoms. The van der Waals surface area contributed by atoms with Crippen LogP contribution in [0, 0.1) is 0 Å². The Hall–Kier alpha value is -0.290. The summed E-state index contributed by atoms with van der Waals surface area (Å²) in [6.07, 6.45) is -2.47. The predicted octanol–water partition coefficient (Wildman–Crippen LogP) is 2.78. The highest BCUT2D eigenvalue weighted by Crippen LogP contribution is 2.28. The highest BCUT2D eigenvalue weighted by molar-refractivity contribution is 4.87. The Balaban J connectivity index is 4.80. The lowest BCUT2D eigenvalue weighted by molar-refractivity contribution is -0.189. The van der Waals surface area contributed by atoms with Gasteiger partial charge in [-0.2, -0.15) is 13.2 Å². The molecule has 0 bridgehead atoms. The number of nitrogens with zero attached hydrogens (tertiary/aromatic N) is 1. The van der Waals surface area contributed by atoms with Crippen molar-refractivity contribution < 1.29 is 13.2 Å². The minimum atomic E-state index is -4.24. The smallest absolute Gasteiger partial charge is 0.326 e. The first-order valence-corrected chi connectivity index (χ1v) is 5.94. The van der Waals surface area contributed by atoms with E-state index in [9.17, 15) is 13.2 Å². The van der Waals surface area contributed by atoms with E-state index in [-0.39, 0.29) is 0 Å². The van der Waals surface area contributed by atoms with Gasteiger partial charge in [0.2, 0.25) is 0 Å². The monoisotopic (exact) mass is 240 g/mol. The van der Waals surface area contributed by atoms with Crippen molar-refractivity contribution in [3.8, 4) is 0 Å². The van der Waals surface area contributed by atoms with Gasteiger partial charge in [-0.1, -0.05) is 20.8 Å². The van der Waals surface area contributed by atoms with Gasteiger partial charge in [0.15, 0.2) is 0 Å². The number of hydrogen-bond acceptors (Lipinski definition) is 2. The second-order valence-corrected chi connectivity index (χ2v) is 4.09. The van der Waals surface area contributed by atoms with Gasteiger partial charge in [0.1, 0.15) is 6.04 Å². The zero-order valence-electron chi connectivity index (χ0n) is 10.3. The van der Waals surface area contributed by atoms with Crippen LogP contribution >= 0.6 is 0 Å². The molecule has 0 amide bonds. The van der Waals surface area contributed by atoms with Crippen molar-refractivity contribution in [2.24, 2.45) is 5.73 Å². The summed E-state index contributed by atoms with van der Waals surface area (Å²) in [7, 11) is 0.